The molecule has 0 atom stereocenters. The molecule has 4 rings (SSSR count). The van der Waals surface area contributed by atoms with E-state index in [0.717, 1.165) is 23.2 Å². The SMILES string of the molecule is CN(C)C(=O)[N+](c1ccc(N2CCN(C(=O)CCc3ccc4[nH]cc(CCN)c4c3)CC2)cc1)=S(=O)=O. The number of rotatable bonds is 7. The van der Waals surface area contributed by atoms with E-state index in [9.17, 15) is 18.0 Å². The fourth-order valence-electron chi connectivity index (χ4n) is 4.61. The lowest BCUT2D eigenvalue weighted by atomic mass is 10.0. The largest absolute Gasteiger partial charge is 0.513 e. The monoisotopic (exact) mass is 525 g/mol. The van der Waals surface area contributed by atoms with Gasteiger partial charge in [0.05, 0.1) is 14.1 Å². The van der Waals surface area contributed by atoms with Crippen LogP contribution in [0.25, 0.3) is 10.9 Å². The normalized spacial score (nSPS) is 13.6. The van der Waals surface area contributed by atoms with Gasteiger partial charge in [0, 0.05) is 55.4 Å². The molecule has 0 aliphatic carbocycles. The Hall–Kier alpha value is -3.70. The molecular formula is C26H33N6O4S+. The molecule has 0 spiro atoms. The van der Waals surface area contributed by atoms with E-state index in [1.54, 1.807) is 24.3 Å². The van der Waals surface area contributed by atoms with Crippen LogP contribution in [0.2, 0.25) is 0 Å². The van der Waals surface area contributed by atoms with Crippen molar-refractivity contribution < 1.29 is 22.0 Å². The summed E-state index contributed by atoms with van der Waals surface area (Å²) >= 11 is 0. The van der Waals surface area contributed by atoms with Crippen molar-refractivity contribution >= 4 is 44.7 Å². The second-order valence-electron chi connectivity index (χ2n) is 9.31. The number of hydrogen-bond donors (Lipinski definition) is 2. The Morgan fingerprint density at radius 3 is 2.35 bits per heavy atom. The number of nitrogens with two attached hydrogens (primary N) is 1. The summed E-state index contributed by atoms with van der Waals surface area (Å²) in [5.74, 6) is 0.141. The summed E-state index contributed by atoms with van der Waals surface area (Å²) in [5.41, 5.74) is 10.3. The maximum Gasteiger partial charge on any atom is 0.513 e. The van der Waals surface area contributed by atoms with Gasteiger partial charge in [-0.2, -0.15) is 4.79 Å². The molecule has 1 aromatic heterocycles. The Balaban J connectivity index is 1.32. The smallest absolute Gasteiger partial charge is 0.368 e. The number of nitrogens with zero attached hydrogens (tertiary/aromatic N) is 4. The maximum atomic E-state index is 12.9. The zero-order valence-corrected chi connectivity index (χ0v) is 22.0. The van der Waals surface area contributed by atoms with Crippen molar-refractivity contribution in [2.24, 2.45) is 5.73 Å². The number of aryl methyl sites for hydroxylation is 1. The third kappa shape index (κ3) is 6.00. The van der Waals surface area contributed by atoms with Crippen LogP contribution in [-0.2, 0) is 28.1 Å². The predicted molar refractivity (Wildman–Crippen MR) is 143 cm³/mol. The molecule has 0 unspecified atom stereocenters. The molecule has 3 aromatic rings. The topological polar surface area (TPSA) is 123 Å². The lowest BCUT2D eigenvalue weighted by Crippen LogP contribution is -2.48. The lowest BCUT2D eigenvalue weighted by Gasteiger charge is -2.36. The van der Waals surface area contributed by atoms with Crippen molar-refractivity contribution in [1.29, 1.82) is 0 Å². The molecule has 2 aromatic carbocycles. The average Bonchev–Trinajstić information content (AvgIpc) is 3.30. The third-order valence-electron chi connectivity index (χ3n) is 6.66. The van der Waals surface area contributed by atoms with Crippen molar-refractivity contribution in [2.75, 3.05) is 51.7 Å². The van der Waals surface area contributed by atoms with E-state index in [-0.39, 0.29) is 11.6 Å². The zero-order valence-electron chi connectivity index (χ0n) is 21.2. The molecule has 1 fully saturated rings. The molecule has 196 valence electrons. The molecule has 1 aliphatic heterocycles. The van der Waals surface area contributed by atoms with E-state index < -0.39 is 16.5 Å². The van der Waals surface area contributed by atoms with Gasteiger partial charge in [-0.15, -0.1) is 8.42 Å². The minimum absolute atomic E-state index is 0.141. The molecule has 1 saturated heterocycles. The van der Waals surface area contributed by atoms with Gasteiger partial charge >= 0.3 is 16.5 Å². The molecule has 0 bridgehead atoms. The van der Waals surface area contributed by atoms with Crippen LogP contribution in [0.15, 0.2) is 48.7 Å². The number of fused-ring (bicyclic) bond motifs is 1. The fraction of sp³-hybridized carbons (Fsp3) is 0.385. The first-order valence-electron chi connectivity index (χ1n) is 12.3. The van der Waals surface area contributed by atoms with Crippen LogP contribution in [0.5, 0.6) is 0 Å². The molecule has 0 saturated carbocycles. The summed E-state index contributed by atoms with van der Waals surface area (Å²) < 4.78 is 23.9. The highest BCUT2D eigenvalue weighted by molar-refractivity contribution is 7.59. The van der Waals surface area contributed by atoms with Crippen LogP contribution in [0, 0.1) is 0 Å². The van der Waals surface area contributed by atoms with E-state index in [4.69, 9.17) is 5.73 Å². The summed E-state index contributed by atoms with van der Waals surface area (Å²) in [6.07, 6.45) is 3.97. The van der Waals surface area contributed by atoms with Gasteiger partial charge in [0.1, 0.15) is 0 Å². The van der Waals surface area contributed by atoms with Crippen LogP contribution < -0.4 is 10.6 Å². The molecule has 1 aliphatic rings. The van der Waals surface area contributed by atoms with Crippen molar-refractivity contribution in [3.63, 3.8) is 0 Å². The zero-order chi connectivity index (χ0) is 26.5. The van der Waals surface area contributed by atoms with E-state index in [2.05, 4.69) is 28.1 Å². The van der Waals surface area contributed by atoms with Gasteiger partial charge in [-0.1, -0.05) is 6.07 Å². The van der Waals surface area contributed by atoms with Gasteiger partial charge in [0.15, 0.2) is 5.69 Å². The molecular weight excluding hydrogens is 492 g/mol. The molecule has 11 heteroatoms. The van der Waals surface area contributed by atoms with Crippen molar-refractivity contribution in [2.45, 2.75) is 19.3 Å². The minimum Gasteiger partial charge on any atom is -0.368 e. The van der Waals surface area contributed by atoms with E-state index >= 15 is 0 Å². The number of amides is 3. The highest BCUT2D eigenvalue weighted by atomic mass is 32.2. The summed E-state index contributed by atoms with van der Waals surface area (Å²) in [5, 5.41) is 1.17. The van der Waals surface area contributed by atoms with Crippen LogP contribution in [0.4, 0.5) is 16.2 Å². The van der Waals surface area contributed by atoms with Gasteiger partial charge in [0.2, 0.25) is 5.91 Å². The van der Waals surface area contributed by atoms with Gasteiger partial charge < -0.3 is 20.5 Å². The number of hydrogen-bond acceptors (Lipinski definition) is 6. The first-order valence-corrected chi connectivity index (χ1v) is 13.3. The highest BCUT2D eigenvalue weighted by Gasteiger charge is 2.25. The van der Waals surface area contributed by atoms with Gasteiger partial charge in [-0.3, -0.25) is 4.79 Å². The number of carbonyl (C=O) groups is 2. The minimum atomic E-state index is -2.72. The second-order valence-corrected chi connectivity index (χ2v) is 10.1. The van der Waals surface area contributed by atoms with Gasteiger partial charge in [-0.05, 0) is 70.9 Å². The Bertz CT molecular complexity index is 1410. The van der Waals surface area contributed by atoms with Crippen LogP contribution in [0.3, 0.4) is 0 Å². The predicted octanol–water partition coefficient (Wildman–Crippen LogP) is 2.34. The highest BCUT2D eigenvalue weighted by Crippen LogP contribution is 2.23. The van der Waals surface area contributed by atoms with E-state index in [1.807, 2.05) is 11.1 Å². The Kier molecular flexibility index (Phi) is 8.24. The van der Waals surface area contributed by atoms with Crippen LogP contribution in [-0.4, -0.2) is 85.9 Å². The number of aromatic nitrogens is 1. The van der Waals surface area contributed by atoms with E-state index in [1.165, 1.54) is 29.9 Å². The second kappa shape index (κ2) is 11.6. The maximum absolute atomic E-state index is 12.9. The number of urea groups is 1. The molecule has 37 heavy (non-hydrogen) atoms. The van der Waals surface area contributed by atoms with Crippen LogP contribution in [0.1, 0.15) is 17.5 Å². The summed E-state index contributed by atoms with van der Waals surface area (Å²) in [7, 11) is 0.272. The Labute approximate surface area is 217 Å². The van der Waals surface area contributed by atoms with Gasteiger partial charge in [0.25, 0.3) is 0 Å². The number of anilines is 1. The third-order valence-corrected chi connectivity index (χ3v) is 7.33. The average molecular weight is 526 g/mol. The number of benzene rings is 2. The Morgan fingerprint density at radius 1 is 1.03 bits per heavy atom. The quantitative estimate of drug-likeness (QED) is 0.457. The molecule has 3 N–H and O–H groups in total. The number of carbonyl (C=O) groups excluding carboxylic acids is 2. The van der Waals surface area contributed by atoms with Crippen molar-refractivity contribution in [3.05, 3.63) is 59.8 Å². The fourth-order valence-corrected chi connectivity index (χ4v) is 5.19. The number of piperazine rings is 1. The summed E-state index contributed by atoms with van der Waals surface area (Å²) in [6, 6.07) is 12.5. The summed E-state index contributed by atoms with van der Waals surface area (Å²) in [4.78, 5) is 33.6. The number of aromatic amines is 1. The van der Waals surface area contributed by atoms with Crippen LogP contribution >= 0.6 is 0 Å². The van der Waals surface area contributed by atoms with E-state index in [0.29, 0.717) is 49.5 Å². The summed E-state index contributed by atoms with van der Waals surface area (Å²) in [6.45, 7) is 3.19. The first kappa shape index (κ1) is 26.4. The Morgan fingerprint density at radius 2 is 1.73 bits per heavy atom. The molecule has 2 heterocycles. The van der Waals surface area contributed by atoms with Gasteiger partial charge in [-0.25, -0.2) is 4.90 Å². The lowest BCUT2D eigenvalue weighted by molar-refractivity contribution is -0.316. The first-order chi connectivity index (χ1) is 17.8. The van der Waals surface area contributed by atoms with Crippen molar-refractivity contribution in [3.8, 4) is 0 Å². The molecule has 3 amide bonds. The molecule has 10 nitrogen and oxygen atoms in total. The molecule has 0 radical (unpaired) electrons. The number of H-pyrrole nitrogens is 1. The van der Waals surface area contributed by atoms with Crippen molar-refractivity contribution in [1.82, 2.24) is 14.8 Å². The number of nitrogens with one attached hydrogen (secondary N) is 1. The standard InChI is InChI=1S/C26H33N6O4S/c1-29(2)26(34)32(37(35)36)22-7-5-21(6-8-22)30-13-15-31(16-14-30)25(33)10-4-19-3-9-24-23(17-19)20(11-12-27)18-28-24/h3,5-9,17-18,28H,4,10-16,27H2,1-2H3/q+1.